The summed E-state index contributed by atoms with van der Waals surface area (Å²) in [6.07, 6.45) is 6.09. The molecular formula is C28H19ClO3. The van der Waals surface area contributed by atoms with Gasteiger partial charge in [0, 0.05) is 38.6 Å². The summed E-state index contributed by atoms with van der Waals surface area (Å²) in [6, 6.07) is 25.9. The van der Waals surface area contributed by atoms with Gasteiger partial charge in [-0.2, -0.15) is 0 Å². The van der Waals surface area contributed by atoms with Crippen molar-refractivity contribution in [1.82, 2.24) is 0 Å². The molecule has 0 radical (unpaired) electrons. The second-order valence-electron chi connectivity index (χ2n) is 7.83. The maximum Gasteiger partial charge on any atom is 0.299 e. The van der Waals surface area contributed by atoms with E-state index in [4.69, 9.17) is 25.8 Å². The Morgan fingerprint density at radius 2 is 1.53 bits per heavy atom. The highest BCUT2D eigenvalue weighted by Crippen LogP contribution is 2.50. The molecule has 0 saturated heterocycles. The summed E-state index contributed by atoms with van der Waals surface area (Å²) >= 11 is 6.55. The molecule has 6 rings (SSSR count). The fourth-order valence-corrected chi connectivity index (χ4v) is 4.71. The van der Waals surface area contributed by atoms with E-state index in [1.54, 1.807) is 7.11 Å². The summed E-state index contributed by atoms with van der Waals surface area (Å²) in [4.78, 5) is 0. The highest BCUT2D eigenvalue weighted by Gasteiger charge is 2.44. The van der Waals surface area contributed by atoms with E-state index < -0.39 is 5.79 Å². The second kappa shape index (κ2) is 7.18. The third-order valence-corrected chi connectivity index (χ3v) is 6.27. The van der Waals surface area contributed by atoms with Crippen LogP contribution in [0.5, 0.6) is 17.2 Å². The van der Waals surface area contributed by atoms with Gasteiger partial charge < -0.3 is 14.2 Å². The zero-order valence-electron chi connectivity index (χ0n) is 17.3. The van der Waals surface area contributed by atoms with Crippen LogP contribution in [0, 0.1) is 0 Å². The molecule has 4 aromatic carbocycles. The molecule has 4 aromatic rings. The Morgan fingerprint density at radius 3 is 2.34 bits per heavy atom. The van der Waals surface area contributed by atoms with Crippen molar-refractivity contribution in [2.45, 2.75) is 5.79 Å². The highest BCUT2D eigenvalue weighted by molar-refractivity contribution is 6.36. The van der Waals surface area contributed by atoms with Crippen molar-refractivity contribution in [1.29, 1.82) is 0 Å². The monoisotopic (exact) mass is 438 g/mol. The highest BCUT2D eigenvalue weighted by atomic mass is 35.5. The van der Waals surface area contributed by atoms with Crippen molar-refractivity contribution in [2.75, 3.05) is 7.11 Å². The molecule has 0 fully saturated rings. The summed E-state index contributed by atoms with van der Waals surface area (Å²) < 4.78 is 19.0. The number of hydrogen-bond donors (Lipinski definition) is 0. The molecule has 1 atom stereocenters. The molecule has 1 unspecified atom stereocenters. The van der Waals surface area contributed by atoms with E-state index in [-0.39, 0.29) is 0 Å². The number of ether oxygens (including phenoxy) is 3. The Labute approximate surface area is 191 Å². The van der Waals surface area contributed by atoms with Gasteiger partial charge in [0.25, 0.3) is 5.79 Å². The molecule has 4 heteroatoms. The van der Waals surface area contributed by atoms with Gasteiger partial charge in [-0.3, -0.25) is 0 Å². The molecule has 2 heterocycles. The lowest BCUT2D eigenvalue weighted by atomic mass is 9.89. The van der Waals surface area contributed by atoms with Crippen LogP contribution in [0.25, 0.3) is 28.5 Å². The van der Waals surface area contributed by atoms with Gasteiger partial charge in [-0.05, 0) is 29.8 Å². The van der Waals surface area contributed by atoms with Gasteiger partial charge in [0.2, 0.25) is 0 Å². The van der Waals surface area contributed by atoms with Crippen molar-refractivity contribution in [3.05, 3.63) is 107 Å². The van der Waals surface area contributed by atoms with Crippen LogP contribution < -0.4 is 14.2 Å². The summed E-state index contributed by atoms with van der Waals surface area (Å²) in [5, 5.41) is 2.58. The fraction of sp³-hybridized carbons (Fsp3) is 0.0714. The van der Waals surface area contributed by atoms with Crippen LogP contribution in [0.4, 0.5) is 0 Å². The number of halogens is 1. The lowest BCUT2D eigenvalue weighted by Crippen LogP contribution is -2.44. The summed E-state index contributed by atoms with van der Waals surface area (Å²) in [5.74, 6) is 0.912. The SMILES string of the molecule is COc1cccc2c1OC1(C=Cc3cc(Cl)c4ccccc4c3O1)C(c1ccccc1)=C2. The standard InChI is InChI=1S/C28H19ClO3/c1-30-25-13-7-10-19-16-23(18-8-3-2-4-9-18)28(32-27(19)25)15-14-20-17-24(29)21-11-5-6-12-22(21)26(20)31-28/h2-17H,1H3. The molecule has 0 aromatic heterocycles. The number of benzene rings is 4. The first kappa shape index (κ1) is 19.0. The van der Waals surface area contributed by atoms with Gasteiger partial charge in [-0.25, -0.2) is 0 Å². The maximum atomic E-state index is 6.76. The molecule has 2 aliphatic rings. The van der Waals surface area contributed by atoms with Gasteiger partial charge in [0.05, 0.1) is 7.11 Å². The van der Waals surface area contributed by atoms with E-state index in [1.807, 2.05) is 78.9 Å². The lowest BCUT2D eigenvalue weighted by molar-refractivity contribution is -0.0216. The zero-order valence-corrected chi connectivity index (χ0v) is 18.1. The molecule has 156 valence electrons. The van der Waals surface area contributed by atoms with Crippen molar-refractivity contribution >= 4 is 40.1 Å². The van der Waals surface area contributed by atoms with Gasteiger partial charge >= 0.3 is 0 Å². The molecule has 0 saturated carbocycles. The quantitative estimate of drug-likeness (QED) is 0.330. The molecule has 1 spiro atoms. The minimum Gasteiger partial charge on any atom is -0.493 e. The van der Waals surface area contributed by atoms with Gasteiger partial charge in [0.15, 0.2) is 11.5 Å². The van der Waals surface area contributed by atoms with E-state index in [0.717, 1.165) is 38.8 Å². The van der Waals surface area contributed by atoms with Gasteiger partial charge in [-0.15, -0.1) is 0 Å². The van der Waals surface area contributed by atoms with E-state index in [2.05, 4.69) is 18.2 Å². The van der Waals surface area contributed by atoms with Crippen LogP contribution >= 0.6 is 11.6 Å². The molecular weight excluding hydrogens is 420 g/mol. The van der Waals surface area contributed by atoms with Crippen LogP contribution in [0.2, 0.25) is 5.02 Å². The van der Waals surface area contributed by atoms with Crippen LogP contribution in [-0.2, 0) is 0 Å². The minimum absolute atomic E-state index is 0.654. The smallest absolute Gasteiger partial charge is 0.299 e. The van der Waals surface area contributed by atoms with Crippen molar-refractivity contribution in [2.24, 2.45) is 0 Å². The van der Waals surface area contributed by atoms with Crippen molar-refractivity contribution in [3.8, 4) is 17.2 Å². The largest absolute Gasteiger partial charge is 0.493 e. The average molecular weight is 439 g/mol. The number of rotatable bonds is 2. The van der Waals surface area contributed by atoms with Gasteiger partial charge in [0.1, 0.15) is 5.75 Å². The predicted octanol–water partition coefficient (Wildman–Crippen LogP) is 7.24. The summed E-state index contributed by atoms with van der Waals surface area (Å²) in [5.41, 5.74) is 3.80. The third-order valence-electron chi connectivity index (χ3n) is 5.95. The van der Waals surface area contributed by atoms with Crippen molar-refractivity contribution in [3.63, 3.8) is 0 Å². The molecule has 32 heavy (non-hydrogen) atoms. The van der Waals surface area contributed by atoms with E-state index in [1.165, 1.54) is 0 Å². The molecule has 2 aliphatic heterocycles. The van der Waals surface area contributed by atoms with Crippen LogP contribution in [-0.4, -0.2) is 12.9 Å². The molecule has 0 bridgehead atoms. The number of para-hydroxylation sites is 1. The topological polar surface area (TPSA) is 27.7 Å². The van der Waals surface area contributed by atoms with E-state index in [9.17, 15) is 0 Å². The first-order chi connectivity index (χ1) is 15.7. The Morgan fingerprint density at radius 1 is 0.781 bits per heavy atom. The van der Waals surface area contributed by atoms with Crippen LogP contribution in [0.1, 0.15) is 16.7 Å². The lowest BCUT2D eigenvalue weighted by Gasteiger charge is -2.40. The zero-order chi connectivity index (χ0) is 21.7. The first-order valence-corrected chi connectivity index (χ1v) is 10.8. The Balaban J connectivity index is 1.60. The molecule has 0 amide bonds. The average Bonchev–Trinajstić information content (AvgIpc) is 2.84. The summed E-state index contributed by atoms with van der Waals surface area (Å²) in [7, 11) is 1.64. The fourth-order valence-electron chi connectivity index (χ4n) is 4.43. The normalized spacial score (nSPS) is 18.4. The van der Waals surface area contributed by atoms with E-state index >= 15 is 0 Å². The molecule has 3 nitrogen and oxygen atoms in total. The maximum absolute atomic E-state index is 6.76. The predicted molar refractivity (Wildman–Crippen MR) is 129 cm³/mol. The number of methoxy groups -OCH3 is 1. The molecule has 0 N–H and O–H groups in total. The van der Waals surface area contributed by atoms with Crippen LogP contribution in [0.15, 0.2) is 84.9 Å². The summed E-state index contributed by atoms with van der Waals surface area (Å²) in [6.45, 7) is 0. The van der Waals surface area contributed by atoms with Crippen LogP contribution in [0.3, 0.4) is 0 Å². The number of fused-ring (bicyclic) bond motifs is 4. The Hall–Kier alpha value is -3.69. The third kappa shape index (κ3) is 2.82. The van der Waals surface area contributed by atoms with E-state index in [0.29, 0.717) is 16.5 Å². The Bertz CT molecular complexity index is 1420. The molecule has 0 aliphatic carbocycles. The van der Waals surface area contributed by atoms with Gasteiger partial charge in [-0.1, -0.05) is 78.3 Å². The Kier molecular flexibility index (Phi) is 4.27. The number of hydrogen-bond acceptors (Lipinski definition) is 3. The van der Waals surface area contributed by atoms with Crippen molar-refractivity contribution < 1.29 is 14.2 Å². The second-order valence-corrected chi connectivity index (χ2v) is 8.24. The first-order valence-electron chi connectivity index (χ1n) is 10.4. The minimum atomic E-state index is -1.15.